The molecule has 0 spiro atoms. The maximum atomic E-state index is 12.0. The summed E-state index contributed by atoms with van der Waals surface area (Å²) in [5.74, 6) is 0. The van der Waals surface area contributed by atoms with Crippen molar-refractivity contribution in [2.24, 2.45) is 0 Å². The minimum absolute atomic E-state index is 0.179. The molecule has 0 atom stereocenters. The Hall–Kier alpha value is -1.07. The SMILES string of the molecule is Cc1ccc(CCCN2CCN(C(=O)OC(C)(C)C)CC2)s1. The van der Waals surface area contributed by atoms with Gasteiger partial charge >= 0.3 is 6.09 Å². The van der Waals surface area contributed by atoms with Crippen LogP contribution in [0.25, 0.3) is 0 Å². The number of hydrogen-bond acceptors (Lipinski definition) is 4. The monoisotopic (exact) mass is 324 g/mol. The van der Waals surface area contributed by atoms with Gasteiger partial charge in [-0.05, 0) is 59.2 Å². The molecule has 0 saturated carbocycles. The fraction of sp³-hybridized carbons (Fsp3) is 0.706. The molecule has 2 rings (SSSR count). The van der Waals surface area contributed by atoms with Crippen molar-refractivity contribution in [3.8, 4) is 0 Å². The minimum atomic E-state index is -0.410. The second kappa shape index (κ2) is 7.47. The van der Waals surface area contributed by atoms with E-state index in [9.17, 15) is 4.79 Å². The lowest BCUT2D eigenvalue weighted by atomic mass is 10.2. The van der Waals surface area contributed by atoms with Gasteiger partial charge in [-0.3, -0.25) is 4.90 Å². The van der Waals surface area contributed by atoms with Crippen LogP contribution in [0.4, 0.5) is 4.79 Å². The lowest BCUT2D eigenvalue weighted by Crippen LogP contribution is -2.50. The maximum Gasteiger partial charge on any atom is 0.410 e. The predicted octanol–water partition coefficient (Wildman–Crippen LogP) is 3.54. The highest BCUT2D eigenvalue weighted by atomic mass is 32.1. The van der Waals surface area contributed by atoms with E-state index in [4.69, 9.17) is 4.74 Å². The van der Waals surface area contributed by atoms with Gasteiger partial charge in [0, 0.05) is 35.9 Å². The van der Waals surface area contributed by atoms with Gasteiger partial charge in [-0.2, -0.15) is 0 Å². The Morgan fingerprint density at radius 3 is 2.45 bits per heavy atom. The van der Waals surface area contributed by atoms with Crippen LogP contribution in [0.1, 0.15) is 36.9 Å². The molecule has 124 valence electrons. The average molecular weight is 324 g/mol. The Kier molecular flexibility index (Phi) is 5.87. The second-order valence-corrected chi connectivity index (χ2v) is 8.30. The van der Waals surface area contributed by atoms with Crippen molar-refractivity contribution < 1.29 is 9.53 Å². The number of ether oxygens (including phenoxy) is 1. The molecule has 1 fully saturated rings. The van der Waals surface area contributed by atoms with E-state index in [1.54, 1.807) is 0 Å². The van der Waals surface area contributed by atoms with Crippen LogP contribution in [0, 0.1) is 6.92 Å². The predicted molar refractivity (Wildman–Crippen MR) is 91.6 cm³/mol. The molecular formula is C17H28N2O2S. The molecule has 1 saturated heterocycles. The topological polar surface area (TPSA) is 32.8 Å². The van der Waals surface area contributed by atoms with E-state index in [0.717, 1.165) is 39.1 Å². The number of hydrogen-bond donors (Lipinski definition) is 0. The number of carbonyl (C=O) groups excluding carboxylic acids is 1. The van der Waals surface area contributed by atoms with E-state index in [1.165, 1.54) is 16.2 Å². The van der Waals surface area contributed by atoms with Crippen LogP contribution in [0.3, 0.4) is 0 Å². The maximum absolute atomic E-state index is 12.0. The van der Waals surface area contributed by atoms with Crippen molar-refractivity contribution in [2.45, 2.75) is 46.1 Å². The number of amides is 1. The number of aryl methyl sites for hydroxylation is 2. The molecule has 1 aromatic rings. The van der Waals surface area contributed by atoms with E-state index in [1.807, 2.05) is 37.0 Å². The first-order valence-electron chi connectivity index (χ1n) is 8.09. The Morgan fingerprint density at radius 2 is 1.91 bits per heavy atom. The molecule has 0 aromatic carbocycles. The third-order valence-corrected chi connectivity index (χ3v) is 4.78. The number of carbonyl (C=O) groups is 1. The van der Waals surface area contributed by atoms with E-state index >= 15 is 0 Å². The van der Waals surface area contributed by atoms with Crippen LogP contribution in [0.15, 0.2) is 12.1 Å². The Bertz CT molecular complexity index is 485. The number of nitrogens with zero attached hydrogens (tertiary/aromatic N) is 2. The lowest BCUT2D eigenvalue weighted by molar-refractivity contribution is 0.0145. The second-order valence-electron chi connectivity index (χ2n) is 6.92. The van der Waals surface area contributed by atoms with E-state index in [-0.39, 0.29) is 6.09 Å². The summed E-state index contributed by atoms with van der Waals surface area (Å²) in [5.41, 5.74) is -0.410. The first kappa shape index (κ1) is 17.3. The van der Waals surface area contributed by atoms with Gasteiger partial charge in [-0.15, -0.1) is 11.3 Å². The molecule has 0 aliphatic carbocycles. The zero-order valence-electron chi connectivity index (χ0n) is 14.2. The standard InChI is InChI=1S/C17H28N2O2S/c1-14-7-8-15(22-14)6-5-9-18-10-12-19(13-11-18)16(20)21-17(2,3)4/h7-8H,5-6,9-13H2,1-4H3. The summed E-state index contributed by atoms with van der Waals surface area (Å²) >= 11 is 1.90. The average Bonchev–Trinajstić information content (AvgIpc) is 2.83. The van der Waals surface area contributed by atoms with Crippen LogP contribution in [0.5, 0.6) is 0 Å². The van der Waals surface area contributed by atoms with Gasteiger partial charge in [0.15, 0.2) is 0 Å². The van der Waals surface area contributed by atoms with Crippen molar-refractivity contribution in [3.05, 3.63) is 21.9 Å². The largest absolute Gasteiger partial charge is 0.444 e. The van der Waals surface area contributed by atoms with Crippen LogP contribution < -0.4 is 0 Å². The molecule has 1 aromatic heterocycles. The molecule has 4 nitrogen and oxygen atoms in total. The van der Waals surface area contributed by atoms with Crippen molar-refractivity contribution >= 4 is 17.4 Å². The minimum Gasteiger partial charge on any atom is -0.444 e. The third kappa shape index (κ3) is 5.61. The molecule has 5 heteroatoms. The molecule has 22 heavy (non-hydrogen) atoms. The Labute approximate surface area is 138 Å². The molecule has 0 unspecified atom stereocenters. The van der Waals surface area contributed by atoms with Crippen molar-refractivity contribution in [3.63, 3.8) is 0 Å². The fourth-order valence-corrected chi connectivity index (χ4v) is 3.51. The molecule has 1 amide bonds. The van der Waals surface area contributed by atoms with Crippen LogP contribution >= 0.6 is 11.3 Å². The molecule has 0 N–H and O–H groups in total. The summed E-state index contributed by atoms with van der Waals surface area (Å²) in [5, 5.41) is 0. The summed E-state index contributed by atoms with van der Waals surface area (Å²) in [6.45, 7) is 12.4. The first-order chi connectivity index (χ1) is 10.3. The lowest BCUT2D eigenvalue weighted by Gasteiger charge is -2.35. The van der Waals surface area contributed by atoms with Gasteiger partial charge in [0.25, 0.3) is 0 Å². The molecule has 1 aliphatic heterocycles. The quantitative estimate of drug-likeness (QED) is 0.849. The zero-order valence-corrected chi connectivity index (χ0v) is 15.0. The molecule has 0 bridgehead atoms. The van der Waals surface area contributed by atoms with Gasteiger partial charge in [0.1, 0.15) is 5.60 Å². The van der Waals surface area contributed by atoms with Crippen molar-refractivity contribution in [2.75, 3.05) is 32.7 Å². The van der Waals surface area contributed by atoms with Crippen LogP contribution in [0.2, 0.25) is 0 Å². The van der Waals surface area contributed by atoms with Gasteiger partial charge in [0.05, 0.1) is 0 Å². The highest BCUT2D eigenvalue weighted by Gasteiger charge is 2.25. The number of thiophene rings is 1. The highest BCUT2D eigenvalue weighted by Crippen LogP contribution is 2.17. The number of rotatable bonds is 4. The van der Waals surface area contributed by atoms with Gasteiger partial charge in [0.2, 0.25) is 0 Å². The Morgan fingerprint density at radius 1 is 1.23 bits per heavy atom. The summed E-state index contributed by atoms with van der Waals surface area (Å²) in [4.78, 5) is 19.1. The van der Waals surface area contributed by atoms with Crippen LogP contribution in [-0.2, 0) is 11.2 Å². The number of piperazine rings is 1. The third-order valence-electron chi connectivity index (χ3n) is 3.72. The van der Waals surface area contributed by atoms with Crippen LogP contribution in [-0.4, -0.2) is 54.2 Å². The summed E-state index contributed by atoms with van der Waals surface area (Å²) in [6.07, 6.45) is 2.16. The van der Waals surface area contributed by atoms with E-state index in [0.29, 0.717) is 0 Å². The van der Waals surface area contributed by atoms with Gasteiger partial charge in [-0.25, -0.2) is 4.79 Å². The van der Waals surface area contributed by atoms with Crippen molar-refractivity contribution in [1.82, 2.24) is 9.80 Å². The van der Waals surface area contributed by atoms with E-state index < -0.39 is 5.60 Å². The summed E-state index contributed by atoms with van der Waals surface area (Å²) < 4.78 is 5.42. The van der Waals surface area contributed by atoms with Gasteiger partial charge < -0.3 is 9.64 Å². The van der Waals surface area contributed by atoms with Gasteiger partial charge in [-0.1, -0.05) is 0 Å². The molecular weight excluding hydrogens is 296 g/mol. The fourth-order valence-electron chi connectivity index (χ4n) is 2.58. The zero-order chi connectivity index (χ0) is 16.2. The van der Waals surface area contributed by atoms with Crippen molar-refractivity contribution in [1.29, 1.82) is 0 Å². The smallest absolute Gasteiger partial charge is 0.410 e. The normalized spacial score (nSPS) is 16.8. The highest BCUT2D eigenvalue weighted by molar-refractivity contribution is 7.11. The molecule has 1 aliphatic rings. The molecule has 2 heterocycles. The first-order valence-corrected chi connectivity index (χ1v) is 8.91. The summed E-state index contributed by atoms with van der Waals surface area (Å²) in [7, 11) is 0. The van der Waals surface area contributed by atoms with E-state index in [2.05, 4.69) is 24.0 Å². The molecule has 0 radical (unpaired) electrons. The Balaban J connectivity index is 1.65. The summed E-state index contributed by atoms with van der Waals surface area (Å²) in [6, 6.07) is 4.43.